The van der Waals surface area contributed by atoms with Crippen LogP contribution in [0.5, 0.6) is 0 Å². The highest BCUT2D eigenvalue weighted by Crippen LogP contribution is 2.19. The fourth-order valence-corrected chi connectivity index (χ4v) is 0.953. The molecule has 0 aromatic heterocycles. The maximum atomic E-state index is 7.84. The van der Waals surface area contributed by atoms with E-state index in [2.05, 4.69) is 0 Å². The van der Waals surface area contributed by atoms with Gasteiger partial charge in [-0.15, -0.1) is 0 Å². The summed E-state index contributed by atoms with van der Waals surface area (Å²) in [4.78, 5) is 0. The second kappa shape index (κ2) is 2.45. The lowest BCUT2D eigenvalue weighted by atomic mass is 9.92. The highest BCUT2D eigenvalue weighted by atomic mass is 14.1. The molecule has 0 saturated carbocycles. The summed E-state index contributed by atoms with van der Waals surface area (Å²) in [5.41, 5.74) is -0.463. The molecule has 1 aromatic carbocycles. The molecule has 0 N–H and O–H groups in total. The fraction of sp³-hybridized carbons (Fsp3) is 0.400. The molecule has 2 rings (SSSR count). The van der Waals surface area contributed by atoms with Crippen molar-refractivity contribution in [2.24, 2.45) is 0 Å². The summed E-state index contributed by atoms with van der Waals surface area (Å²) in [6.07, 6.45) is -4.02. The Morgan fingerprint density at radius 1 is 1.10 bits per heavy atom. The molecule has 10 heavy (non-hydrogen) atoms. The molecule has 1 aliphatic rings. The fourth-order valence-electron chi connectivity index (χ4n) is 0.953. The quantitative estimate of drug-likeness (QED) is 0.519. The average Bonchev–Trinajstić information content (AvgIpc) is 2.26. The van der Waals surface area contributed by atoms with Crippen molar-refractivity contribution in [1.29, 1.82) is 0 Å². The Bertz CT molecular complexity index is 472. The molecule has 0 heterocycles. The minimum Gasteiger partial charge on any atom is -0.0620 e. The van der Waals surface area contributed by atoms with Crippen LogP contribution in [0, 0.1) is 0 Å². The summed E-state index contributed by atoms with van der Waals surface area (Å²) in [6, 6.07) is -1.97. The Labute approximate surface area is 73.1 Å². The summed E-state index contributed by atoms with van der Waals surface area (Å²) in [5.74, 6) is 0. The Morgan fingerprint density at radius 3 is 2.10 bits per heavy atom. The first-order valence-corrected chi connectivity index (χ1v) is 3.21. The first-order chi connectivity index (χ1) is 8.09. The predicted octanol–water partition coefficient (Wildman–Crippen LogP) is 2.57. The van der Waals surface area contributed by atoms with Crippen LogP contribution >= 0.6 is 0 Å². The lowest BCUT2D eigenvalue weighted by molar-refractivity contribution is 0.685. The molecule has 1 aliphatic carbocycles. The van der Waals surface area contributed by atoms with E-state index < -0.39 is 36.9 Å². The van der Waals surface area contributed by atoms with Gasteiger partial charge in [0, 0.05) is 5.48 Å². The van der Waals surface area contributed by atoms with E-state index in [9.17, 15) is 0 Å². The average molecular weight is 140 g/mol. The summed E-state index contributed by atoms with van der Waals surface area (Å²) < 4.78 is 62.0. The zero-order valence-corrected chi connectivity index (χ0v) is 5.41. The summed E-state index contributed by atoms with van der Waals surface area (Å²) in [7, 11) is 0. The van der Waals surface area contributed by atoms with Crippen molar-refractivity contribution >= 4 is 0 Å². The highest BCUT2D eigenvalue weighted by Gasteiger charge is 2.05. The third kappa shape index (κ3) is 0.942. The molecule has 0 heteroatoms. The summed E-state index contributed by atoms with van der Waals surface area (Å²) >= 11 is 0. The van der Waals surface area contributed by atoms with Gasteiger partial charge >= 0.3 is 0 Å². The molecule has 0 fully saturated rings. The van der Waals surface area contributed by atoms with Gasteiger partial charge < -0.3 is 0 Å². The lowest BCUT2D eigenvalue weighted by Crippen LogP contribution is -2.00. The number of hydrogen-bond donors (Lipinski definition) is 0. The Morgan fingerprint density at radius 2 is 1.60 bits per heavy atom. The van der Waals surface area contributed by atoms with Gasteiger partial charge in [-0.2, -0.15) is 0 Å². The first kappa shape index (κ1) is 1.88. The lowest BCUT2D eigenvalue weighted by Gasteiger charge is -2.13. The van der Waals surface area contributed by atoms with E-state index in [4.69, 9.17) is 11.0 Å². The topological polar surface area (TPSA) is 0 Å². The minimum atomic E-state index is -1.92. The van der Waals surface area contributed by atoms with Crippen LogP contribution < -0.4 is 0 Å². The van der Waals surface area contributed by atoms with Gasteiger partial charge in [0.15, 0.2) is 0 Å². The van der Waals surface area contributed by atoms with Crippen LogP contribution in [-0.4, -0.2) is 0 Å². The van der Waals surface area contributed by atoms with Crippen molar-refractivity contribution in [1.82, 2.24) is 0 Å². The van der Waals surface area contributed by atoms with Gasteiger partial charge in [0.05, 0.1) is 5.48 Å². The smallest absolute Gasteiger partial charge is 0.0620 e. The molecule has 0 bridgehead atoms. The van der Waals surface area contributed by atoms with E-state index in [-0.39, 0.29) is 24.0 Å². The molecule has 1 aromatic rings. The maximum absolute atomic E-state index is 7.84. The zero-order chi connectivity index (χ0) is 13.9. The molecule has 0 amide bonds. The van der Waals surface area contributed by atoms with Crippen LogP contribution in [0.2, 0.25) is 0 Å². The maximum Gasteiger partial charge on any atom is 0.0626 e. The van der Waals surface area contributed by atoms with Crippen LogP contribution in [-0.2, 0) is 12.7 Å². The van der Waals surface area contributed by atoms with E-state index in [1.807, 2.05) is 0 Å². The third-order valence-electron chi connectivity index (χ3n) is 1.42. The van der Waals surface area contributed by atoms with Gasteiger partial charge in [-0.05, 0) is 36.7 Å². The van der Waals surface area contributed by atoms with Gasteiger partial charge in [0.25, 0.3) is 0 Å². The van der Waals surface area contributed by atoms with Crippen molar-refractivity contribution in [2.45, 2.75) is 25.6 Å². The molecular weight excluding hydrogens is 120 g/mol. The second-order valence-corrected chi connectivity index (χ2v) is 2.10. The minimum absolute atomic E-state index is 0.0882. The van der Waals surface area contributed by atoms with Crippen LogP contribution in [0.1, 0.15) is 34.9 Å². The monoisotopic (exact) mass is 140 g/mol. The van der Waals surface area contributed by atoms with Gasteiger partial charge in [0.2, 0.25) is 0 Å². The van der Waals surface area contributed by atoms with E-state index >= 15 is 0 Å². The molecule has 0 unspecified atom stereocenters. The van der Waals surface area contributed by atoms with Crippen molar-refractivity contribution in [3.8, 4) is 0 Å². The highest BCUT2D eigenvalue weighted by molar-refractivity contribution is 5.28. The molecule has 0 saturated heterocycles. The van der Waals surface area contributed by atoms with Crippen LogP contribution in [0.4, 0.5) is 0 Å². The standard InChI is InChI=1S/C10H12/c1-2-6-10-8-4-3-7-9(10)5-1/h1-2,5-6H,3-4,7-8H2/i1D,2D,5D,6D,7D2,8D2. The third-order valence-corrected chi connectivity index (χ3v) is 1.42. The molecule has 0 spiro atoms. The van der Waals surface area contributed by atoms with Gasteiger partial charge in [-0.25, -0.2) is 0 Å². The van der Waals surface area contributed by atoms with E-state index in [0.29, 0.717) is 0 Å². The van der Waals surface area contributed by atoms with Crippen LogP contribution in [0.25, 0.3) is 0 Å². The number of fused-ring (bicyclic) bond motifs is 1. The van der Waals surface area contributed by atoms with Gasteiger partial charge in [-0.3, -0.25) is 0 Å². The second-order valence-electron chi connectivity index (χ2n) is 2.10. The van der Waals surface area contributed by atoms with Crippen molar-refractivity contribution in [3.63, 3.8) is 0 Å². The van der Waals surface area contributed by atoms with Gasteiger partial charge in [0.1, 0.15) is 0 Å². The predicted molar refractivity (Wildman–Crippen MR) is 43.1 cm³/mol. The van der Waals surface area contributed by atoms with Crippen molar-refractivity contribution < 1.29 is 11.0 Å². The van der Waals surface area contributed by atoms with Crippen LogP contribution in [0.3, 0.4) is 0 Å². The summed E-state index contributed by atoms with van der Waals surface area (Å²) in [6.45, 7) is 0. The van der Waals surface area contributed by atoms with Crippen molar-refractivity contribution in [3.05, 3.63) is 35.3 Å². The largest absolute Gasteiger partial charge is 0.0626 e. The van der Waals surface area contributed by atoms with E-state index in [1.54, 1.807) is 0 Å². The Kier molecular flexibility index (Phi) is 0.460. The molecule has 52 valence electrons. The Hall–Kier alpha value is -0.780. The van der Waals surface area contributed by atoms with E-state index in [1.165, 1.54) is 0 Å². The number of rotatable bonds is 0. The molecule has 0 atom stereocenters. The Balaban J connectivity index is 2.92. The SMILES string of the molecule is [2H]c1c([2H])c([2H])c2c(c1[2H])C([2H])([2H])CCC2([2H])[2H]. The van der Waals surface area contributed by atoms with E-state index in [0.717, 1.165) is 0 Å². The van der Waals surface area contributed by atoms with Crippen LogP contribution in [0.15, 0.2) is 24.2 Å². The zero-order valence-electron chi connectivity index (χ0n) is 13.4. The first-order valence-electron chi connectivity index (χ1n) is 7.21. The number of benzene rings is 1. The number of hydrogen-bond acceptors (Lipinski definition) is 0. The molecular formula is C10H12. The molecule has 0 radical (unpaired) electrons. The van der Waals surface area contributed by atoms with Crippen molar-refractivity contribution in [2.75, 3.05) is 0 Å². The molecule has 0 aliphatic heterocycles. The normalized spacial score (nSPS) is 38.0. The van der Waals surface area contributed by atoms with Gasteiger partial charge in [-0.1, -0.05) is 24.2 Å². The molecule has 0 nitrogen and oxygen atoms in total. The summed E-state index contributed by atoms with van der Waals surface area (Å²) in [5, 5.41) is 0.